The Bertz CT molecular complexity index is 741. The van der Waals surface area contributed by atoms with Gasteiger partial charge in [-0.05, 0) is 23.6 Å². The lowest BCUT2D eigenvalue weighted by Gasteiger charge is -2.09. The Hall–Kier alpha value is -2.16. The van der Waals surface area contributed by atoms with Crippen molar-refractivity contribution in [2.75, 3.05) is 0 Å². The molecule has 0 aliphatic carbocycles. The van der Waals surface area contributed by atoms with Gasteiger partial charge in [0.2, 0.25) is 0 Å². The number of hydrogen-bond acceptors (Lipinski definition) is 2. The Morgan fingerprint density at radius 2 is 1.78 bits per heavy atom. The van der Waals surface area contributed by atoms with Gasteiger partial charge in [-0.15, -0.1) is 0 Å². The third kappa shape index (κ3) is 1.30. The van der Waals surface area contributed by atoms with E-state index in [9.17, 15) is 10.3 Å². The summed E-state index contributed by atoms with van der Waals surface area (Å²) in [5.74, 6) is 0.488. The molecule has 0 aliphatic heterocycles. The predicted octanol–water partition coefficient (Wildman–Crippen LogP) is 3.86. The Labute approximate surface area is 105 Å². The van der Waals surface area contributed by atoms with Crippen LogP contribution in [0.1, 0.15) is 25.3 Å². The SMILES string of the molecule is CC(C)c1ccc(O)c2c3ccccc3n(O)c12. The zero-order valence-corrected chi connectivity index (χ0v) is 10.4. The van der Waals surface area contributed by atoms with Gasteiger partial charge in [0.25, 0.3) is 0 Å². The first kappa shape index (κ1) is 11.0. The molecule has 1 aromatic heterocycles. The van der Waals surface area contributed by atoms with E-state index in [-0.39, 0.29) is 11.7 Å². The second-order valence-corrected chi connectivity index (χ2v) is 4.88. The summed E-state index contributed by atoms with van der Waals surface area (Å²) in [4.78, 5) is 0. The van der Waals surface area contributed by atoms with Crippen LogP contribution in [0.15, 0.2) is 36.4 Å². The first-order chi connectivity index (χ1) is 8.61. The van der Waals surface area contributed by atoms with Crippen molar-refractivity contribution in [2.45, 2.75) is 19.8 Å². The number of benzene rings is 2. The second-order valence-electron chi connectivity index (χ2n) is 4.88. The highest BCUT2D eigenvalue weighted by molar-refractivity contribution is 6.11. The molecule has 0 saturated carbocycles. The van der Waals surface area contributed by atoms with E-state index in [0.29, 0.717) is 5.52 Å². The molecule has 2 N–H and O–H groups in total. The summed E-state index contributed by atoms with van der Waals surface area (Å²) in [5, 5.41) is 22.0. The van der Waals surface area contributed by atoms with Crippen LogP contribution in [-0.4, -0.2) is 15.0 Å². The zero-order chi connectivity index (χ0) is 12.9. The van der Waals surface area contributed by atoms with Crippen molar-refractivity contribution in [1.29, 1.82) is 0 Å². The van der Waals surface area contributed by atoms with Crippen LogP contribution < -0.4 is 0 Å². The van der Waals surface area contributed by atoms with Gasteiger partial charge >= 0.3 is 0 Å². The maximum atomic E-state index is 10.3. The second kappa shape index (κ2) is 3.67. The lowest BCUT2D eigenvalue weighted by atomic mass is 9.99. The molecule has 0 unspecified atom stereocenters. The van der Waals surface area contributed by atoms with Crippen LogP contribution >= 0.6 is 0 Å². The van der Waals surface area contributed by atoms with Gasteiger partial charge < -0.3 is 10.3 Å². The van der Waals surface area contributed by atoms with E-state index in [1.807, 2.05) is 30.3 Å². The number of rotatable bonds is 1. The van der Waals surface area contributed by atoms with Gasteiger partial charge in [0.1, 0.15) is 5.75 Å². The molecule has 3 aromatic rings. The highest BCUT2D eigenvalue weighted by Crippen LogP contribution is 2.38. The van der Waals surface area contributed by atoms with Crippen molar-refractivity contribution in [3.63, 3.8) is 0 Å². The molecule has 0 radical (unpaired) electrons. The summed E-state index contributed by atoms with van der Waals surface area (Å²) >= 11 is 0. The highest BCUT2D eigenvalue weighted by Gasteiger charge is 2.17. The number of aromatic hydroxyl groups is 1. The number of aromatic nitrogens is 1. The number of hydrogen-bond donors (Lipinski definition) is 2. The molecule has 0 spiro atoms. The maximum Gasteiger partial charge on any atom is 0.125 e. The molecular weight excluding hydrogens is 226 g/mol. The molecule has 2 aromatic carbocycles. The monoisotopic (exact) mass is 241 g/mol. The Morgan fingerprint density at radius 3 is 2.50 bits per heavy atom. The van der Waals surface area contributed by atoms with E-state index < -0.39 is 0 Å². The van der Waals surface area contributed by atoms with Crippen molar-refractivity contribution < 1.29 is 10.3 Å². The summed E-state index contributed by atoms with van der Waals surface area (Å²) < 4.78 is 1.18. The summed E-state index contributed by atoms with van der Waals surface area (Å²) in [5.41, 5.74) is 2.45. The van der Waals surface area contributed by atoms with E-state index in [1.165, 1.54) is 4.73 Å². The Kier molecular flexibility index (Phi) is 2.23. The molecule has 0 fully saturated rings. The van der Waals surface area contributed by atoms with Crippen molar-refractivity contribution >= 4 is 21.8 Å². The van der Waals surface area contributed by atoms with Crippen LogP contribution in [0.3, 0.4) is 0 Å². The first-order valence-corrected chi connectivity index (χ1v) is 6.05. The molecule has 0 bridgehead atoms. The number of fused-ring (bicyclic) bond motifs is 3. The van der Waals surface area contributed by atoms with Crippen molar-refractivity contribution in [3.05, 3.63) is 42.0 Å². The first-order valence-electron chi connectivity index (χ1n) is 6.05. The van der Waals surface area contributed by atoms with Gasteiger partial charge in [-0.2, -0.15) is 4.73 Å². The maximum absolute atomic E-state index is 10.3. The lowest BCUT2D eigenvalue weighted by Crippen LogP contribution is -1.95. The van der Waals surface area contributed by atoms with Gasteiger partial charge in [-0.3, -0.25) is 0 Å². The molecule has 18 heavy (non-hydrogen) atoms. The minimum Gasteiger partial charge on any atom is -0.507 e. The van der Waals surface area contributed by atoms with Crippen LogP contribution in [-0.2, 0) is 0 Å². The molecule has 0 saturated heterocycles. The summed E-state index contributed by atoms with van der Waals surface area (Å²) in [6.45, 7) is 4.15. The standard InChI is InChI=1S/C15H15NO2/c1-9(2)10-7-8-13(17)14-11-5-3-4-6-12(11)16(18)15(10)14/h3-9,17-18H,1-2H3. The van der Waals surface area contributed by atoms with Crippen molar-refractivity contribution in [1.82, 2.24) is 4.73 Å². The third-order valence-electron chi connectivity index (χ3n) is 3.42. The van der Waals surface area contributed by atoms with Crippen LogP contribution in [0.25, 0.3) is 21.8 Å². The van der Waals surface area contributed by atoms with Crippen LogP contribution in [0.2, 0.25) is 0 Å². The molecule has 92 valence electrons. The fraction of sp³-hybridized carbons (Fsp3) is 0.200. The summed E-state index contributed by atoms with van der Waals surface area (Å²) in [7, 11) is 0. The van der Waals surface area contributed by atoms with Crippen LogP contribution in [0, 0.1) is 0 Å². The number of para-hydroxylation sites is 1. The number of phenolic OH excluding ortho intramolecular Hbond substituents is 1. The van der Waals surface area contributed by atoms with Gasteiger partial charge in [-0.25, -0.2) is 0 Å². The van der Waals surface area contributed by atoms with Crippen LogP contribution in [0.4, 0.5) is 0 Å². The van der Waals surface area contributed by atoms with Gasteiger partial charge in [-0.1, -0.05) is 38.1 Å². The largest absolute Gasteiger partial charge is 0.507 e. The van der Waals surface area contributed by atoms with E-state index in [4.69, 9.17) is 0 Å². The molecular formula is C15H15NO2. The van der Waals surface area contributed by atoms with E-state index in [1.54, 1.807) is 6.07 Å². The van der Waals surface area contributed by atoms with E-state index >= 15 is 0 Å². The zero-order valence-electron chi connectivity index (χ0n) is 10.4. The normalized spacial score (nSPS) is 11.7. The van der Waals surface area contributed by atoms with Gasteiger partial charge in [0.05, 0.1) is 16.4 Å². The summed E-state index contributed by atoms with van der Waals surface area (Å²) in [6.07, 6.45) is 0. The minimum atomic E-state index is 0.207. The van der Waals surface area contributed by atoms with E-state index in [0.717, 1.165) is 21.9 Å². The smallest absolute Gasteiger partial charge is 0.125 e. The molecule has 3 nitrogen and oxygen atoms in total. The molecule has 0 aliphatic rings. The van der Waals surface area contributed by atoms with Crippen molar-refractivity contribution in [3.8, 4) is 5.75 Å². The molecule has 3 rings (SSSR count). The average Bonchev–Trinajstić information content (AvgIpc) is 2.65. The minimum absolute atomic E-state index is 0.207. The average molecular weight is 241 g/mol. The highest BCUT2D eigenvalue weighted by atomic mass is 16.5. The molecule has 0 atom stereocenters. The molecule has 3 heteroatoms. The Balaban J connectivity index is 2.62. The van der Waals surface area contributed by atoms with E-state index in [2.05, 4.69) is 13.8 Å². The fourth-order valence-electron chi connectivity index (χ4n) is 2.55. The van der Waals surface area contributed by atoms with Crippen molar-refractivity contribution in [2.24, 2.45) is 0 Å². The van der Waals surface area contributed by atoms with Gasteiger partial charge in [0, 0.05) is 5.39 Å². The third-order valence-corrected chi connectivity index (χ3v) is 3.42. The molecule has 0 amide bonds. The van der Waals surface area contributed by atoms with Crippen LogP contribution in [0.5, 0.6) is 5.75 Å². The molecule has 1 heterocycles. The quantitative estimate of drug-likeness (QED) is 0.635. The number of nitrogens with zero attached hydrogens (tertiary/aromatic N) is 1. The van der Waals surface area contributed by atoms with Gasteiger partial charge in [0.15, 0.2) is 0 Å². The number of phenols is 1. The summed E-state index contributed by atoms with van der Waals surface area (Å²) in [6, 6.07) is 11.1. The lowest BCUT2D eigenvalue weighted by molar-refractivity contribution is 0.212. The Morgan fingerprint density at radius 1 is 1.06 bits per heavy atom. The predicted molar refractivity (Wildman–Crippen MR) is 72.4 cm³/mol. The fourth-order valence-corrected chi connectivity index (χ4v) is 2.55. The topological polar surface area (TPSA) is 45.4 Å².